The fraction of sp³-hybridized carbons (Fsp3) is 0.364. The molecule has 16 heavy (non-hydrogen) atoms. The number of amides is 2. The van der Waals surface area contributed by atoms with Crippen molar-refractivity contribution in [1.29, 1.82) is 0 Å². The largest absolute Gasteiger partial charge is 0.355 e. The maximum atomic E-state index is 11.4. The number of carbonyl (C=O) groups is 2. The minimum Gasteiger partial charge on any atom is -0.355 e. The molecule has 0 saturated carbocycles. The number of carbonyl (C=O) groups excluding carboxylic acids is 2. The van der Waals surface area contributed by atoms with Crippen molar-refractivity contribution < 1.29 is 9.59 Å². The fourth-order valence-electron chi connectivity index (χ4n) is 1.17. The van der Waals surface area contributed by atoms with E-state index in [9.17, 15) is 9.59 Å². The number of rotatable bonds is 5. The first-order valence-corrected chi connectivity index (χ1v) is 5.09. The van der Waals surface area contributed by atoms with Crippen molar-refractivity contribution in [2.24, 2.45) is 0 Å². The standard InChI is InChI=1S/C11H15N3O2/c1-9(15)12-6-7-14-11(16)8-10-4-2-3-5-13-10/h2-5H,6-8H2,1H3,(H,12,15)(H,14,16). The zero-order valence-corrected chi connectivity index (χ0v) is 9.19. The SMILES string of the molecule is CC(=O)NCCNC(=O)Cc1ccccn1. The predicted octanol–water partition coefficient (Wildman–Crippen LogP) is -0.124. The van der Waals surface area contributed by atoms with Gasteiger partial charge in [0, 0.05) is 31.9 Å². The molecule has 0 saturated heterocycles. The Labute approximate surface area is 94.3 Å². The van der Waals surface area contributed by atoms with Gasteiger partial charge in [-0.15, -0.1) is 0 Å². The molecule has 1 heterocycles. The van der Waals surface area contributed by atoms with Crippen LogP contribution in [-0.2, 0) is 16.0 Å². The van der Waals surface area contributed by atoms with Crippen LogP contribution < -0.4 is 10.6 Å². The molecular weight excluding hydrogens is 206 g/mol. The van der Waals surface area contributed by atoms with Gasteiger partial charge in [0.05, 0.1) is 6.42 Å². The van der Waals surface area contributed by atoms with E-state index in [0.717, 1.165) is 5.69 Å². The smallest absolute Gasteiger partial charge is 0.226 e. The van der Waals surface area contributed by atoms with Crippen LogP contribution in [0, 0.1) is 0 Å². The molecule has 0 unspecified atom stereocenters. The molecular formula is C11H15N3O2. The van der Waals surface area contributed by atoms with Gasteiger partial charge in [-0.05, 0) is 12.1 Å². The molecule has 0 spiro atoms. The predicted molar refractivity (Wildman–Crippen MR) is 59.6 cm³/mol. The number of nitrogens with zero attached hydrogens (tertiary/aromatic N) is 1. The Morgan fingerprint density at radius 3 is 2.62 bits per heavy atom. The molecule has 1 aromatic rings. The summed E-state index contributed by atoms with van der Waals surface area (Å²) in [4.78, 5) is 26.0. The van der Waals surface area contributed by atoms with Crippen LogP contribution in [0.15, 0.2) is 24.4 Å². The third kappa shape index (κ3) is 5.09. The number of pyridine rings is 1. The summed E-state index contributed by atoms with van der Waals surface area (Å²) in [5.41, 5.74) is 0.736. The first-order valence-electron chi connectivity index (χ1n) is 5.09. The zero-order chi connectivity index (χ0) is 11.8. The highest BCUT2D eigenvalue weighted by molar-refractivity contribution is 5.78. The van der Waals surface area contributed by atoms with Gasteiger partial charge in [-0.3, -0.25) is 14.6 Å². The van der Waals surface area contributed by atoms with E-state index in [2.05, 4.69) is 15.6 Å². The van der Waals surface area contributed by atoms with E-state index in [-0.39, 0.29) is 18.2 Å². The Morgan fingerprint density at radius 1 is 1.25 bits per heavy atom. The lowest BCUT2D eigenvalue weighted by Crippen LogP contribution is -2.34. The van der Waals surface area contributed by atoms with E-state index < -0.39 is 0 Å². The van der Waals surface area contributed by atoms with Crippen LogP contribution in [0.25, 0.3) is 0 Å². The first kappa shape index (κ1) is 12.2. The molecule has 5 heteroatoms. The highest BCUT2D eigenvalue weighted by Crippen LogP contribution is 1.93. The van der Waals surface area contributed by atoms with E-state index >= 15 is 0 Å². The van der Waals surface area contributed by atoms with E-state index in [1.807, 2.05) is 6.07 Å². The van der Waals surface area contributed by atoms with Gasteiger partial charge in [0.1, 0.15) is 0 Å². The van der Waals surface area contributed by atoms with Crippen molar-refractivity contribution in [3.8, 4) is 0 Å². The van der Waals surface area contributed by atoms with Gasteiger partial charge >= 0.3 is 0 Å². The Bertz CT molecular complexity index is 352. The van der Waals surface area contributed by atoms with E-state index in [1.54, 1.807) is 18.3 Å². The van der Waals surface area contributed by atoms with Crippen LogP contribution in [-0.4, -0.2) is 29.9 Å². The topological polar surface area (TPSA) is 71.1 Å². The fourth-order valence-corrected chi connectivity index (χ4v) is 1.17. The minimum atomic E-state index is -0.0982. The van der Waals surface area contributed by atoms with Crippen molar-refractivity contribution in [1.82, 2.24) is 15.6 Å². The highest BCUT2D eigenvalue weighted by atomic mass is 16.2. The average molecular weight is 221 g/mol. The highest BCUT2D eigenvalue weighted by Gasteiger charge is 2.02. The second-order valence-corrected chi connectivity index (χ2v) is 3.33. The molecule has 1 aromatic heterocycles. The molecule has 2 amide bonds. The third-order valence-electron chi connectivity index (χ3n) is 1.89. The molecule has 0 aromatic carbocycles. The van der Waals surface area contributed by atoms with E-state index in [0.29, 0.717) is 13.1 Å². The molecule has 1 rings (SSSR count). The van der Waals surface area contributed by atoms with Crippen LogP contribution in [0.2, 0.25) is 0 Å². The van der Waals surface area contributed by atoms with Gasteiger partial charge in [0.2, 0.25) is 11.8 Å². The third-order valence-corrected chi connectivity index (χ3v) is 1.89. The van der Waals surface area contributed by atoms with E-state index in [1.165, 1.54) is 6.92 Å². The quantitative estimate of drug-likeness (QED) is 0.681. The van der Waals surface area contributed by atoms with Gasteiger partial charge in [-0.25, -0.2) is 0 Å². The number of aromatic nitrogens is 1. The van der Waals surface area contributed by atoms with E-state index in [4.69, 9.17) is 0 Å². The number of nitrogens with one attached hydrogen (secondary N) is 2. The molecule has 0 radical (unpaired) electrons. The average Bonchev–Trinajstić information content (AvgIpc) is 2.25. The summed E-state index contributed by atoms with van der Waals surface area (Å²) in [7, 11) is 0. The lowest BCUT2D eigenvalue weighted by molar-refractivity contribution is -0.121. The number of hydrogen-bond acceptors (Lipinski definition) is 3. The maximum Gasteiger partial charge on any atom is 0.226 e. The van der Waals surface area contributed by atoms with Crippen molar-refractivity contribution >= 4 is 11.8 Å². The molecule has 0 aliphatic carbocycles. The maximum absolute atomic E-state index is 11.4. The zero-order valence-electron chi connectivity index (χ0n) is 9.19. The van der Waals surface area contributed by atoms with Crippen LogP contribution in [0.1, 0.15) is 12.6 Å². The van der Waals surface area contributed by atoms with Gasteiger partial charge in [0.15, 0.2) is 0 Å². The second kappa shape index (κ2) is 6.55. The Balaban J connectivity index is 2.19. The molecule has 0 atom stereocenters. The molecule has 0 bridgehead atoms. The summed E-state index contributed by atoms with van der Waals surface area (Å²) in [5.74, 6) is -0.192. The van der Waals surface area contributed by atoms with Crippen molar-refractivity contribution in [2.45, 2.75) is 13.3 Å². The van der Waals surface area contributed by atoms with Crippen LogP contribution >= 0.6 is 0 Å². The van der Waals surface area contributed by atoms with Crippen LogP contribution in [0.5, 0.6) is 0 Å². The van der Waals surface area contributed by atoms with Crippen molar-refractivity contribution in [2.75, 3.05) is 13.1 Å². The summed E-state index contributed by atoms with van der Waals surface area (Å²) in [5, 5.41) is 5.29. The molecule has 0 fully saturated rings. The molecule has 2 N–H and O–H groups in total. The molecule has 0 aliphatic rings. The Hall–Kier alpha value is -1.91. The summed E-state index contributed by atoms with van der Waals surface area (Å²) < 4.78 is 0. The summed E-state index contributed by atoms with van der Waals surface area (Å²) in [6.07, 6.45) is 1.92. The van der Waals surface area contributed by atoms with Crippen molar-refractivity contribution in [3.05, 3.63) is 30.1 Å². The summed E-state index contributed by atoms with van der Waals surface area (Å²) >= 11 is 0. The lowest BCUT2D eigenvalue weighted by atomic mass is 10.2. The Kier molecular flexibility index (Phi) is 4.98. The van der Waals surface area contributed by atoms with Gasteiger partial charge in [-0.2, -0.15) is 0 Å². The normalized spacial score (nSPS) is 9.56. The van der Waals surface area contributed by atoms with Crippen LogP contribution in [0.4, 0.5) is 0 Å². The Morgan fingerprint density at radius 2 is 2.00 bits per heavy atom. The second-order valence-electron chi connectivity index (χ2n) is 3.33. The number of hydrogen-bond donors (Lipinski definition) is 2. The monoisotopic (exact) mass is 221 g/mol. The van der Waals surface area contributed by atoms with Gasteiger partial charge in [-0.1, -0.05) is 6.07 Å². The summed E-state index contributed by atoms with van der Waals surface area (Å²) in [6.45, 7) is 2.32. The molecule has 86 valence electrons. The molecule has 0 aliphatic heterocycles. The lowest BCUT2D eigenvalue weighted by Gasteiger charge is -2.05. The van der Waals surface area contributed by atoms with Crippen molar-refractivity contribution in [3.63, 3.8) is 0 Å². The first-order chi connectivity index (χ1) is 7.68. The minimum absolute atomic E-state index is 0.0935. The van der Waals surface area contributed by atoms with Gasteiger partial charge in [0.25, 0.3) is 0 Å². The van der Waals surface area contributed by atoms with Crippen LogP contribution in [0.3, 0.4) is 0 Å². The summed E-state index contributed by atoms with van der Waals surface area (Å²) in [6, 6.07) is 5.44. The molecule has 5 nitrogen and oxygen atoms in total. The van der Waals surface area contributed by atoms with Gasteiger partial charge < -0.3 is 10.6 Å².